The van der Waals surface area contributed by atoms with E-state index < -0.39 is 0 Å². The minimum absolute atomic E-state index is 1.24. The zero-order chi connectivity index (χ0) is 8.67. The van der Waals surface area contributed by atoms with E-state index in [2.05, 4.69) is 30.7 Å². The van der Waals surface area contributed by atoms with Crippen LogP contribution < -0.4 is 0 Å². The molecule has 3 aliphatic carbocycles. The van der Waals surface area contributed by atoms with Gasteiger partial charge in [-0.05, 0) is 42.4 Å². The molecule has 0 aromatic rings. The SMILES string of the molecule is [CH]1C=CC2=C1C1=C(CCC=C1)CC2. The van der Waals surface area contributed by atoms with Crippen LogP contribution >= 0.6 is 0 Å². The predicted octanol–water partition coefficient (Wildman–Crippen LogP) is 3.50. The van der Waals surface area contributed by atoms with Crippen molar-refractivity contribution in [1.82, 2.24) is 0 Å². The maximum Gasteiger partial charge on any atom is 0.0134 e. The fourth-order valence-corrected chi connectivity index (χ4v) is 2.47. The normalized spacial score (nSPS) is 25.2. The average molecular weight is 169 g/mol. The van der Waals surface area contributed by atoms with Crippen LogP contribution in [0.3, 0.4) is 0 Å². The molecule has 13 heavy (non-hydrogen) atoms. The van der Waals surface area contributed by atoms with Crippen LogP contribution in [0.2, 0.25) is 0 Å². The quantitative estimate of drug-likeness (QED) is 0.520. The van der Waals surface area contributed by atoms with Gasteiger partial charge in [-0.2, -0.15) is 0 Å². The molecule has 0 aromatic carbocycles. The van der Waals surface area contributed by atoms with E-state index in [1.54, 1.807) is 11.1 Å². The van der Waals surface area contributed by atoms with E-state index in [0.717, 1.165) is 0 Å². The first-order valence-corrected chi connectivity index (χ1v) is 5.08. The van der Waals surface area contributed by atoms with Crippen molar-refractivity contribution >= 4 is 0 Å². The maximum absolute atomic E-state index is 2.32. The van der Waals surface area contributed by atoms with Gasteiger partial charge in [-0.1, -0.05) is 29.9 Å². The highest BCUT2D eigenvalue weighted by Crippen LogP contribution is 2.39. The molecule has 0 nitrogen and oxygen atoms in total. The summed E-state index contributed by atoms with van der Waals surface area (Å²) in [5.41, 5.74) is 6.25. The van der Waals surface area contributed by atoms with Crippen molar-refractivity contribution in [2.45, 2.75) is 25.7 Å². The summed E-state index contributed by atoms with van der Waals surface area (Å²) >= 11 is 0. The zero-order valence-electron chi connectivity index (χ0n) is 7.72. The van der Waals surface area contributed by atoms with Gasteiger partial charge in [0.2, 0.25) is 0 Å². The first-order valence-electron chi connectivity index (χ1n) is 5.08. The molecule has 0 spiro atoms. The van der Waals surface area contributed by atoms with Crippen molar-refractivity contribution in [3.05, 3.63) is 53.0 Å². The summed E-state index contributed by atoms with van der Waals surface area (Å²) in [6.07, 6.45) is 16.4. The van der Waals surface area contributed by atoms with Crippen LogP contribution in [-0.2, 0) is 0 Å². The fourth-order valence-electron chi connectivity index (χ4n) is 2.47. The van der Waals surface area contributed by atoms with Crippen molar-refractivity contribution in [1.29, 1.82) is 0 Å². The molecule has 1 radical (unpaired) electrons. The molecule has 0 unspecified atom stereocenters. The molecule has 0 heterocycles. The first kappa shape index (κ1) is 7.37. The van der Waals surface area contributed by atoms with Gasteiger partial charge in [-0.3, -0.25) is 0 Å². The molecule has 0 atom stereocenters. The lowest BCUT2D eigenvalue weighted by Gasteiger charge is -2.23. The van der Waals surface area contributed by atoms with E-state index >= 15 is 0 Å². The molecule has 0 heteroatoms. The van der Waals surface area contributed by atoms with Crippen molar-refractivity contribution in [2.24, 2.45) is 0 Å². The standard InChI is InChI=1S/C13H13/c1-2-6-12-10(4-1)8-9-11-5-3-7-13(11)12/h2-3,5-7H,1,4,8-9H2. The minimum Gasteiger partial charge on any atom is -0.0836 e. The number of hydrogen-bond donors (Lipinski definition) is 0. The third-order valence-electron chi connectivity index (χ3n) is 3.17. The molecule has 0 fully saturated rings. The molecule has 3 aliphatic rings. The number of rotatable bonds is 0. The molecular formula is C13H13. The molecule has 0 aliphatic heterocycles. The molecule has 0 N–H and O–H groups in total. The number of hydrogen-bond acceptors (Lipinski definition) is 0. The van der Waals surface area contributed by atoms with Gasteiger partial charge >= 0.3 is 0 Å². The molecule has 3 rings (SSSR count). The molecule has 0 saturated carbocycles. The maximum atomic E-state index is 2.32. The molecule has 65 valence electrons. The Labute approximate surface area is 79.3 Å². The lowest BCUT2D eigenvalue weighted by atomic mass is 9.82. The van der Waals surface area contributed by atoms with Crippen LogP contribution in [0.5, 0.6) is 0 Å². The largest absolute Gasteiger partial charge is 0.0836 e. The van der Waals surface area contributed by atoms with Gasteiger partial charge in [0.05, 0.1) is 0 Å². The van der Waals surface area contributed by atoms with E-state index in [1.807, 2.05) is 0 Å². The topological polar surface area (TPSA) is 0 Å². The Kier molecular flexibility index (Phi) is 1.55. The van der Waals surface area contributed by atoms with Crippen LogP contribution in [0, 0.1) is 6.42 Å². The van der Waals surface area contributed by atoms with Crippen LogP contribution in [0.25, 0.3) is 0 Å². The average Bonchev–Trinajstić information content (AvgIpc) is 2.65. The van der Waals surface area contributed by atoms with E-state index in [0.29, 0.717) is 0 Å². The van der Waals surface area contributed by atoms with E-state index in [4.69, 9.17) is 0 Å². The number of fused-ring (bicyclic) bond motifs is 1. The monoisotopic (exact) mass is 169 g/mol. The lowest BCUT2D eigenvalue weighted by molar-refractivity contribution is 0.809. The Morgan fingerprint density at radius 1 is 0.923 bits per heavy atom. The summed E-state index contributed by atoms with van der Waals surface area (Å²) < 4.78 is 0. The van der Waals surface area contributed by atoms with Gasteiger partial charge in [0.1, 0.15) is 0 Å². The van der Waals surface area contributed by atoms with E-state index in [-0.39, 0.29) is 0 Å². The highest BCUT2D eigenvalue weighted by atomic mass is 14.3. The van der Waals surface area contributed by atoms with Crippen LogP contribution in [0.15, 0.2) is 46.6 Å². The molecule has 0 bridgehead atoms. The molecular weight excluding hydrogens is 156 g/mol. The van der Waals surface area contributed by atoms with Crippen molar-refractivity contribution in [2.75, 3.05) is 0 Å². The Morgan fingerprint density at radius 3 is 2.92 bits per heavy atom. The summed E-state index contributed by atoms with van der Waals surface area (Å²) in [6.45, 7) is 0. The van der Waals surface area contributed by atoms with Crippen LogP contribution in [0.1, 0.15) is 25.7 Å². The Bertz CT molecular complexity index is 361. The summed E-state index contributed by atoms with van der Waals surface area (Å²) in [6, 6.07) is 0. The smallest absolute Gasteiger partial charge is 0.0134 e. The molecule has 0 amide bonds. The summed E-state index contributed by atoms with van der Waals surface area (Å²) in [5.74, 6) is 0. The first-order chi connectivity index (χ1) is 6.45. The third kappa shape index (κ3) is 1.05. The Balaban J connectivity index is 2.09. The lowest BCUT2D eigenvalue weighted by Crippen LogP contribution is -2.04. The van der Waals surface area contributed by atoms with Gasteiger partial charge in [-0.15, -0.1) is 0 Å². The van der Waals surface area contributed by atoms with Gasteiger partial charge in [0.15, 0.2) is 0 Å². The van der Waals surface area contributed by atoms with Crippen molar-refractivity contribution < 1.29 is 0 Å². The van der Waals surface area contributed by atoms with Gasteiger partial charge in [-0.25, -0.2) is 0 Å². The zero-order valence-corrected chi connectivity index (χ0v) is 7.72. The Hall–Kier alpha value is -1.04. The van der Waals surface area contributed by atoms with Gasteiger partial charge in [0, 0.05) is 6.42 Å². The second-order valence-corrected chi connectivity index (χ2v) is 3.92. The van der Waals surface area contributed by atoms with Crippen LogP contribution in [0.4, 0.5) is 0 Å². The second kappa shape index (κ2) is 2.73. The van der Waals surface area contributed by atoms with Crippen LogP contribution in [-0.4, -0.2) is 0 Å². The summed E-state index contributed by atoms with van der Waals surface area (Å²) in [7, 11) is 0. The highest BCUT2D eigenvalue weighted by Gasteiger charge is 2.21. The van der Waals surface area contributed by atoms with Gasteiger partial charge < -0.3 is 0 Å². The van der Waals surface area contributed by atoms with Crippen molar-refractivity contribution in [3.8, 4) is 0 Å². The summed E-state index contributed by atoms with van der Waals surface area (Å²) in [4.78, 5) is 0. The predicted molar refractivity (Wildman–Crippen MR) is 55.1 cm³/mol. The summed E-state index contributed by atoms with van der Waals surface area (Å²) in [5, 5.41) is 0. The van der Waals surface area contributed by atoms with Crippen molar-refractivity contribution in [3.63, 3.8) is 0 Å². The minimum atomic E-state index is 1.24. The van der Waals surface area contributed by atoms with E-state index in [1.165, 1.54) is 36.8 Å². The van der Waals surface area contributed by atoms with E-state index in [9.17, 15) is 0 Å². The second-order valence-electron chi connectivity index (χ2n) is 3.92. The van der Waals surface area contributed by atoms with Gasteiger partial charge in [0.25, 0.3) is 0 Å². The fraction of sp³-hybridized carbons (Fsp3) is 0.308. The number of allylic oxidation sites excluding steroid dienone is 8. The molecule has 0 aromatic heterocycles. The third-order valence-corrected chi connectivity index (χ3v) is 3.17. The Morgan fingerprint density at radius 2 is 1.92 bits per heavy atom. The molecule has 0 saturated heterocycles. The highest BCUT2D eigenvalue weighted by molar-refractivity contribution is 5.61.